The third-order valence-corrected chi connectivity index (χ3v) is 0. The molecule has 0 aliphatic rings. The maximum absolute atomic E-state index is 8.55. The number of hydrogen-bond acceptors (Lipinski definition) is 3. The van der Waals surface area contributed by atoms with Crippen molar-refractivity contribution in [1.29, 1.82) is 0 Å². The second-order valence-corrected chi connectivity index (χ2v) is 0.307. The third kappa shape index (κ3) is 457. The van der Waals surface area contributed by atoms with Crippen LogP contribution >= 0.6 is 0 Å². The summed E-state index contributed by atoms with van der Waals surface area (Å²) in [7, 11) is 0. The zero-order valence-corrected chi connectivity index (χ0v) is 3.43. The summed E-state index contributed by atoms with van der Waals surface area (Å²) in [6.45, 7) is 0. The maximum atomic E-state index is 8.55. The van der Waals surface area contributed by atoms with Gasteiger partial charge in [0.05, 0.1) is 0 Å². The normalized spacial score (nSPS) is 3.80. The van der Waals surface area contributed by atoms with Crippen LogP contribution in [0.1, 0.15) is 0 Å². The van der Waals surface area contributed by atoms with Crippen molar-refractivity contribution in [2.75, 3.05) is 0 Å². The van der Waals surface area contributed by atoms with Crippen molar-refractivity contribution in [1.82, 2.24) is 0 Å². The standard InChI is InChI=1S/Cr.H2O2.H2O.O/c;1-2;;/h;1-2H;1H2;/q+1;;;/p-1. The van der Waals surface area contributed by atoms with Crippen LogP contribution in [0.3, 0.4) is 0 Å². The Morgan fingerprint density at radius 2 is 1.40 bits per heavy atom. The van der Waals surface area contributed by atoms with Crippen molar-refractivity contribution >= 4 is 0 Å². The van der Waals surface area contributed by atoms with E-state index in [9.17, 15) is 0 Å². The van der Waals surface area contributed by atoms with Gasteiger partial charge in [-0.2, -0.15) is 0 Å². The van der Waals surface area contributed by atoms with Gasteiger partial charge in [0.25, 0.3) is 0 Å². The SMILES string of the molecule is OO.[O]=[Cr][OH]. The molecular formula is H3CrO4. The molecule has 0 heterocycles. The van der Waals surface area contributed by atoms with E-state index in [2.05, 4.69) is 0 Å². The summed E-state index contributed by atoms with van der Waals surface area (Å²) in [5.74, 6) is 0. The molecule has 0 aromatic heterocycles. The monoisotopic (exact) mass is 119 g/mol. The molecule has 0 aromatic carbocycles. The second kappa shape index (κ2) is 29.6. The van der Waals surface area contributed by atoms with Gasteiger partial charge in [0.15, 0.2) is 0 Å². The van der Waals surface area contributed by atoms with Crippen LogP contribution < -0.4 is 0 Å². The summed E-state index contributed by atoms with van der Waals surface area (Å²) in [5, 5.41) is 12.0. The Balaban J connectivity index is 0. The van der Waals surface area contributed by atoms with Gasteiger partial charge < -0.3 is 0 Å². The Morgan fingerprint density at radius 1 is 1.40 bits per heavy atom. The predicted molar refractivity (Wildman–Crippen MR) is 8.16 cm³/mol. The fourth-order valence-electron chi connectivity index (χ4n) is 0. The summed E-state index contributed by atoms with van der Waals surface area (Å²) in [5.41, 5.74) is 0. The molecule has 0 saturated carbocycles. The Kier molecular flexibility index (Phi) is 53.0. The van der Waals surface area contributed by atoms with Crippen LogP contribution in [0.2, 0.25) is 0 Å². The number of hydrogen-bond donors (Lipinski definition) is 3. The molecule has 0 unspecified atom stereocenters. The van der Waals surface area contributed by atoms with E-state index < -0.39 is 15.5 Å². The summed E-state index contributed by atoms with van der Waals surface area (Å²) < 4.78 is 15.6. The first-order chi connectivity index (χ1) is 2.41. The van der Waals surface area contributed by atoms with Crippen molar-refractivity contribution < 1.29 is 34.0 Å². The average Bonchev–Trinajstić information content (AvgIpc) is 1.46. The van der Waals surface area contributed by atoms with Crippen LogP contribution in [0, 0.1) is 0 Å². The quantitative estimate of drug-likeness (QED) is 0.292. The average molecular weight is 119 g/mol. The second-order valence-electron chi connectivity index (χ2n) is 0.0745. The summed E-state index contributed by atoms with van der Waals surface area (Å²) in [6, 6.07) is 0. The summed E-state index contributed by atoms with van der Waals surface area (Å²) >= 11 is -1.38. The van der Waals surface area contributed by atoms with Crippen molar-refractivity contribution in [3.8, 4) is 0 Å². The topological polar surface area (TPSA) is 77.8 Å². The minimum absolute atomic E-state index is 1.38. The molecule has 0 atom stereocenters. The van der Waals surface area contributed by atoms with Crippen LogP contribution in [0.4, 0.5) is 0 Å². The van der Waals surface area contributed by atoms with E-state index in [1.807, 2.05) is 0 Å². The van der Waals surface area contributed by atoms with Crippen LogP contribution in [0.15, 0.2) is 0 Å². The molecule has 0 spiro atoms. The zero-order valence-electron chi connectivity index (χ0n) is 2.16. The van der Waals surface area contributed by atoms with Gasteiger partial charge in [-0.05, 0) is 0 Å². The Labute approximate surface area is 34.9 Å². The predicted octanol–water partition coefficient (Wildman–Crippen LogP) is -0.661. The molecule has 0 aliphatic heterocycles. The van der Waals surface area contributed by atoms with E-state index in [0.717, 1.165) is 0 Å². The van der Waals surface area contributed by atoms with E-state index in [-0.39, 0.29) is 0 Å². The van der Waals surface area contributed by atoms with Gasteiger partial charge in [-0.3, -0.25) is 10.5 Å². The molecule has 0 aliphatic carbocycles. The van der Waals surface area contributed by atoms with Crippen LogP contribution in [-0.4, -0.2) is 14.7 Å². The Bertz CT molecular complexity index is 11.1. The van der Waals surface area contributed by atoms with Crippen molar-refractivity contribution in [2.45, 2.75) is 0 Å². The van der Waals surface area contributed by atoms with Crippen LogP contribution in [0.5, 0.6) is 0 Å². The fourth-order valence-corrected chi connectivity index (χ4v) is 0. The molecule has 4 nitrogen and oxygen atoms in total. The molecule has 5 heavy (non-hydrogen) atoms. The molecular weight excluding hydrogens is 116 g/mol. The molecule has 0 radical (unpaired) electrons. The number of rotatable bonds is 0. The van der Waals surface area contributed by atoms with Gasteiger partial charge in [0.1, 0.15) is 0 Å². The van der Waals surface area contributed by atoms with E-state index in [1.54, 1.807) is 0 Å². The third-order valence-electron chi connectivity index (χ3n) is 0. The first-order valence-corrected chi connectivity index (χ1v) is 1.64. The van der Waals surface area contributed by atoms with Crippen molar-refractivity contribution in [3.05, 3.63) is 0 Å². The van der Waals surface area contributed by atoms with E-state index >= 15 is 0 Å². The van der Waals surface area contributed by atoms with Gasteiger partial charge in [0.2, 0.25) is 0 Å². The molecule has 33 valence electrons. The Morgan fingerprint density at radius 3 is 1.40 bits per heavy atom. The molecule has 0 amide bonds. The fraction of sp³-hybridized carbons (Fsp3) is 0. The van der Waals surface area contributed by atoms with Crippen LogP contribution in [-0.2, 0) is 19.3 Å². The van der Waals surface area contributed by atoms with Gasteiger partial charge in [-0.25, -0.2) is 0 Å². The molecule has 3 N–H and O–H groups in total. The summed E-state index contributed by atoms with van der Waals surface area (Å²) in [4.78, 5) is 0. The molecule has 0 rings (SSSR count). The Hall–Kier alpha value is 0.212. The molecule has 0 fully saturated rings. The van der Waals surface area contributed by atoms with Gasteiger partial charge >= 0.3 is 23.4 Å². The van der Waals surface area contributed by atoms with E-state index in [4.69, 9.17) is 18.5 Å². The first-order valence-electron chi connectivity index (χ1n) is 0.549. The summed E-state index contributed by atoms with van der Waals surface area (Å²) in [6.07, 6.45) is 0. The minimum atomic E-state index is -1.38. The molecule has 5 heteroatoms. The van der Waals surface area contributed by atoms with E-state index in [1.165, 1.54) is 0 Å². The van der Waals surface area contributed by atoms with Gasteiger partial charge in [-0.1, -0.05) is 0 Å². The van der Waals surface area contributed by atoms with E-state index in [0.29, 0.717) is 0 Å². The van der Waals surface area contributed by atoms with Crippen molar-refractivity contribution in [2.24, 2.45) is 0 Å². The van der Waals surface area contributed by atoms with Gasteiger partial charge in [0, 0.05) is 0 Å². The zero-order chi connectivity index (χ0) is 4.71. The molecule has 0 bridgehead atoms. The van der Waals surface area contributed by atoms with Crippen LogP contribution in [0.25, 0.3) is 0 Å². The van der Waals surface area contributed by atoms with Gasteiger partial charge in [-0.15, -0.1) is 0 Å². The molecule has 0 saturated heterocycles. The first kappa shape index (κ1) is 8.96. The molecule has 0 aromatic rings. The van der Waals surface area contributed by atoms with Crippen molar-refractivity contribution in [3.63, 3.8) is 0 Å².